The van der Waals surface area contributed by atoms with E-state index in [4.69, 9.17) is 10.5 Å². The molecule has 0 aliphatic rings. The number of nitrogens with one attached hydrogen (secondary N) is 1. The van der Waals surface area contributed by atoms with Crippen molar-refractivity contribution in [3.05, 3.63) is 92.9 Å². The van der Waals surface area contributed by atoms with E-state index in [1.54, 1.807) is 12.3 Å². The summed E-state index contributed by atoms with van der Waals surface area (Å²) in [5.74, 6) is 0.580. The molecule has 0 saturated heterocycles. The molecule has 3 aromatic rings. The van der Waals surface area contributed by atoms with Gasteiger partial charge in [-0.25, -0.2) is 0 Å². The molecule has 0 spiro atoms. The molecular weight excluding hydrogens is 799 g/mol. The van der Waals surface area contributed by atoms with Gasteiger partial charge in [-0.15, -0.1) is 10.0 Å². The zero-order valence-corrected chi connectivity index (χ0v) is 29.9. The minimum Gasteiger partial charge on any atom is -0.399 e. The second-order valence-electron chi connectivity index (χ2n) is 11.4. The van der Waals surface area contributed by atoms with Gasteiger partial charge in [0.25, 0.3) is 0 Å². The predicted molar refractivity (Wildman–Crippen MR) is 175 cm³/mol. The molecule has 0 atom stereocenters. The molecule has 56 heavy (non-hydrogen) atoms. The van der Waals surface area contributed by atoms with E-state index in [0.29, 0.717) is 18.1 Å². The van der Waals surface area contributed by atoms with E-state index in [1.165, 1.54) is 6.07 Å². The number of benzene rings is 3. The van der Waals surface area contributed by atoms with Gasteiger partial charge >= 0.3 is 30.9 Å². The van der Waals surface area contributed by atoms with Gasteiger partial charge in [0, 0.05) is 18.9 Å². The van der Waals surface area contributed by atoms with E-state index in [2.05, 4.69) is 34.4 Å². The molecule has 0 heterocycles. The minimum atomic E-state index is -5.19. The van der Waals surface area contributed by atoms with Crippen molar-refractivity contribution in [3.63, 3.8) is 0 Å². The maximum atomic E-state index is 12.8. The number of nitrogens with zero attached hydrogens (tertiary/aromatic N) is 3. The molecule has 3 aromatic carbocycles. The molecule has 0 radical (unpaired) electrons. The Morgan fingerprint density at radius 3 is 1.34 bits per heavy atom. The van der Waals surface area contributed by atoms with Crippen LogP contribution in [-0.4, -0.2) is 19.8 Å². The Labute approximate surface area is 310 Å². The zero-order chi connectivity index (χ0) is 43.7. The fraction of sp³-hybridized carbons (Fsp3) is 0.455. The van der Waals surface area contributed by atoms with Crippen molar-refractivity contribution in [2.75, 3.05) is 31.0 Å². The first-order valence-electron chi connectivity index (χ1n) is 15.7. The van der Waals surface area contributed by atoms with Crippen LogP contribution in [0.15, 0.2) is 70.3 Å². The SMILES string of the molecule is CC(C)CCON=O.CCOCC.Cc1cc(N)cc(C(F)(F)F)c1.FC(F)(F)c1cc(N=NNc2cc(C(F)(F)F)cc(C(F)(F)F)c2)cc(C(F)(F)F)c1. The predicted octanol–water partition coefficient (Wildman–Crippen LogP) is 13.2. The summed E-state index contributed by atoms with van der Waals surface area (Å²) >= 11 is 0. The summed E-state index contributed by atoms with van der Waals surface area (Å²) in [7, 11) is 0. The van der Waals surface area contributed by atoms with Crippen LogP contribution < -0.4 is 11.2 Å². The second-order valence-corrected chi connectivity index (χ2v) is 11.4. The van der Waals surface area contributed by atoms with Gasteiger partial charge in [-0.05, 0) is 93.3 Å². The summed E-state index contributed by atoms with van der Waals surface area (Å²) in [5, 5.41) is 8.15. The molecule has 8 nitrogen and oxygen atoms in total. The highest BCUT2D eigenvalue weighted by atomic mass is 19.4. The normalized spacial score (nSPS) is 12.2. The minimum absolute atomic E-state index is 0.141. The van der Waals surface area contributed by atoms with Crippen molar-refractivity contribution in [2.24, 2.45) is 21.6 Å². The lowest BCUT2D eigenvalue weighted by Gasteiger charge is -2.13. The van der Waals surface area contributed by atoms with Crippen molar-refractivity contribution >= 4 is 17.1 Å². The molecule has 0 aromatic heterocycles. The zero-order valence-electron chi connectivity index (χ0n) is 29.9. The standard InChI is InChI=1S/C16H7F12N3.C8H8F3N.C5H11NO2.C4H10O/c17-13(18,19)7-1-8(14(20,21)22)4-11(3-7)29-31-30-12-5-9(15(23,24)25)2-10(6-12)16(26,27)28;1-5-2-6(8(9,10)11)4-7(12)3-5;1-5(2)3-4-8-6-7;1-3-5-4-2/h1-6H,(H,29,30);2-4H,12H2,1H3;5H,3-4H2,1-2H3;3-4H2,1-2H3. The number of ether oxygens (including phenoxy) is 1. The number of hydrogen-bond acceptors (Lipinski definition) is 7. The Kier molecular flexibility index (Phi) is 20.1. The first kappa shape index (κ1) is 51.2. The van der Waals surface area contributed by atoms with Gasteiger partial charge in [0.15, 0.2) is 5.34 Å². The van der Waals surface area contributed by atoms with Crippen LogP contribution in [0.5, 0.6) is 0 Å². The fourth-order valence-electron chi connectivity index (χ4n) is 3.66. The Hall–Kier alpha value is -4.83. The van der Waals surface area contributed by atoms with Crippen LogP contribution in [0.1, 0.15) is 67.5 Å². The van der Waals surface area contributed by atoms with E-state index in [0.717, 1.165) is 31.8 Å². The summed E-state index contributed by atoms with van der Waals surface area (Å²) in [6.07, 6.45) is -24.2. The van der Waals surface area contributed by atoms with Crippen molar-refractivity contribution in [1.82, 2.24) is 0 Å². The highest BCUT2D eigenvalue weighted by molar-refractivity contribution is 5.50. The molecule has 316 valence electrons. The Bertz CT molecular complexity index is 1580. The first-order valence-corrected chi connectivity index (χ1v) is 15.7. The Morgan fingerprint density at radius 1 is 0.625 bits per heavy atom. The Balaban J connectivity index is 0.000000977. The second kappa shape index (κ2) is 22.0. The molecule has 0 aliphatic carbocycles. The van der Waals surface area contributed by atoms with E-state index < -0.39 is 70.1 Å². The van der Waals surface area contributed by atoms with Gasteiger partial charge in [0.05, 0.1) is 39.2 Å². The van der Waals surface area contributed by atoms with E-state index >= 15 is 0 Å². The van der Waals surface area contributed by atoms with Crippen LogP contribution in [-0.2, 0) is 40.5 Å². The topological polar surface area (TPSA) is 111 Å². The summed E-state index contributed by atoms with van der Waals surface area (Å²) in [5.41, 5.74) is -1.99. The lowest BCUT2D eigenvalue weighted by atomic mass is 10.1. The number of halogens is 15. The van der Waals surface area contributed by atoms with Gasteiger partial charge in [-0.3, -0.25) is 5.43 Å². The molecule has 0 aliphatic heterocycles. The number of alkyl halides is 15. The van der Waals surface area contributed by atoms with Crippen LogP contribution in [0, 0.1) is 17.7 Å². The third-order valence-corrected chi connectivity index (χ3v) is 6.18. The number of nitrogen functional groups attached to an aromatic ring is 1. The summed E-state index contributed by atoms with van der Waals surface area (Å²) in [6.45, 7) is 11.8. The van der Waals surface area contributed by atoms with Crippen LogP contribution >= 0.6 is 0 Å². The number of aryl methyl sites for hydroxylation is 1. The van der Waals surface area contributed by atoms with Crippen molar-refractivity contribution < 1.29 is 75.4 Å². The Morgan fingerprint density at radius 2 is 1.02 bits per heavy atom. The smallest absolute Gasteiger partial charge is 0.399 e. The largest absolute Gasteiger partial charge is 0.416 e. The maximum absolute atomic E-state index is 12.8. The number of nitrogens with two attached hydrogens (primary N) is 1. The summed E-state index contributed by atoms with van der Waals surface area (Å²) in [4.78, 5) is 13.5. The summed E-state index contributed by atoms with van der Waals surface area (Å²) < 4.78 is 194. The maximum Gasteiger partial charge on any atom is 0.416 e. The van der Waals surface area contributed by atoms with E-state index in [-0.39, 0.29) is 42.1 Å². The summed E-state index contributed by atoms with van der Waals surface area (Å²) in [6, 6.07) is 3.81. The average molecular weight is 836 g/mol. The van der Waals surface area contributed by atoms with Gasteiger partial charge in [0.1, 0.15) is 6.61 Å². The number of anilines is 2. The third-order valence-electron chi connectivity index (χ3n) is 6.18. The van der Waals surface area contributed by atoms with Crippen LogP contribution in [0.25, 0.3) is 0 Å². The molecule has 0 unspecified atom stereocenters. The molecule has 0 amide bonds. The fourth-order valence-corrected chi connectivity index (χ4v) is 3.66. The van der Waals surface area contributed by atoms with Gasteiger partial charge in [-0.2, -0.15) is 65.9 Å². The number of hydrogen-bond donors (Lipinski definition) is 2. The molecule has 0 saturated carbocycles. The lowest BCUT2D eigenvalue weighted by molar-refractivity contribution is -0.144. The van der Waals surface area contributed by atoms with Crippen molar-refractivity contribution in [1.29, 1.82) is 0 Å². The monoisotopic (exact) mass is 835 g/mol. The van der Waals surface area contributed by atoms with Crippen LogP contribution in [0.4, 0.5) is 82.9 Å². The highest BCUT2D eigenvalue weighted by Gasteiger charge is 2.38. The molecular formula is C33H36F15N5O3. The molecule has 3 rings (SSSR count). The van der Waals surface area contributed by atoms with Crippen LogP contribution in [0.2, 0.25) is 0 Å². The average Bonchev–Trinajstić information content (AvgIpc) is 3.03. The molecule has 0 bridgehead atoms. The van der Waals surface area contributed by atoms with Gasteiger partial charge < -0.3 is 15.3 Å². The van der Waals surface area contributed by atoms with E-state index in [9.17, 15) is 70.8 Å². The number of rotatable bonds is 9. The van der Waals surface area contributed by atoms with Crippen molar-refractivity contribution in [2.45, 2.75) is 71.9 Å². The van der Waals surface area contributed by atoms with Crippen LogP contribution in [0.3, 0.4) is 0 Å². The van der Waals surface area contributed by atoms with Gasteiger partial charge in [0.2, 0.25) is 0 Å². The molecule has 0 fully saturated rings. The first-order chi connectivity index (χ1) is 25.4. The van der Waals surface area contributed by atoms with Crippen molar-refractivity contribution in [3.8, 4) is 0 Å². The molecule has 23 heteroatoms. The lowest BCUT2D eigenvalue weighted by Crippen LogP contribution is -2.11. The quantitative estimate of drug-likeness (QED) is 0.0557. The van der Waals surface area contributed by atoms with Gasteiger partial charge in [-0.1, -0.05) is 19.1 Å². The third kappa shape index (κ3) is 20.7. The highest BCUT2D eigenvalue weighted by Crippen LogP contribution is 2.40. The molecule has 3 N–H and O–H groups in total. The van der Waals surface area contributed by atoms with E-state index in [1.807, 2.05) is 13.8 Å².